The fraction of sp³-hybridized carbons (Fsp3) is 0.778. The van der Waals surface area contributed by atoms with E-state index in [0.717, 1.165) is 6.42 Å². The van der Waals surface area contributed by atoms with E-state index in [1.54, 1.807) is 7.05 Å². The standard InChI is InChI=1S/C9H19N3O2/c1-3-4-8(13)11-5-6-12-9(14)7-10-2/h10H,3-7H2,1-2H3,(H,11,13)(H,12,14). The minimum atomic E-state index is -0.0581. The molecule has 0 fully saturated rings. The van der Waals surface area contributed by atoms with Crippen molar-refractivity contribution in [2.45, 2.75) is 19.8 Å². The van der Waals surface area contributed by atoms with E-state index in [2.05, 4.69) is 16.0 Å². The Labute approximate surface area is 84.6 Å². The fourth-order valence-corrected chi connectivity index (χ4v) is 0.942. The summed E-state index contributed by atoms with van der Waals surface area (Å²) in [5.41, 5.74) is 0. The molecule has 0 spiro atoms. The summed E-state index contributed by atoms with van der Waals surface area (Å²) in [5, 5.41) is 8.11. The molecule has 0 radical (unpaired) electrons. The highest BCUT2D eigenvalue weighted by atomic mass is 16.2. The van der Waals surface area contributed by atoms with Gasteiger partial charge in [-0.1, -0.05) is 6.92 Å². The molecule has 0 unspecified atom stereocenters. The van der Waals surface area contributed by atoms with Crippen LogP contribution in [0.5, 0.6) is 0 Å². The molecule has 0 heterocycles. The van der Waals surface area contributed by atoms with Gasteiger partial charge in [-0.25, -0.2) is 0 Å². The van der Waals surface area contributed by atoms with Gasteiger partial charge < -0.3 is 16.0 Å². The maximum absolute atomic E-state index is 11.0. The molecule has 0 saturated carbocycles. The minimum absolute atomic E-state index is 0.0374. The highest BCUT2D eigenvalue weighted by Gasteiger charge is 1.99. The van der Waals surface area contributed by atoms with Gasteiger partial charge in [-0.15, -0.1) is 0 Å². The minimum Gasteiger partial charge on any atom is -0.354 e. The second-order valence-electron chi connectivity index (χ2n) is 2.98. The van der Waals surface area contributed by atoms with E-state index in [-0.39, 0.29) is 11.8 Å². The molecule has 0 aliphatic rings. The summed E-state index contributed by atoms with van der Waals surface area (Å²) in [5.74, 6) is -0.0207. The molecule has 2 amide bonds. The predicted octanol–water partition coefficient (Wildman–Crippen LogP) is -0.762. The van der Waals surface area contributed by atoms with Crippen LogP contribution in [0.25, 0.3) is 0 Å². The summed E-state index contributed by atoms with van der Waals surface area (Å²) in [6.07, 6.45) is 1.39. The highest BCUT2D eigenvalue weighted by Crippen LogP contribution is 1.83. The lowest BCUT2D eigenvalue weighted by atomic mass is 10.3. The fourth-order valence-electron chi connectivity index (χ4n) is 0.942. The van der Waals surface area contributed by atoms with E-state index in [1.165, 1.54) is 0 Å². The molecule has 0 aromatic heterocycles. The van der Waals surface area contributed by atoms with Crippen LogP contribution < -0.4 is 16.0 Å². The van der Waals surface area contributed by atoms with Gasteiger partial charge in [-0.3, -0.25) is 9.59 Å². The van der Waals surface area contributed by atoms with Gasteiger partial charge in [-0.2, -0.15) is 0 Å². The van der Waals surface area contributed by atoms with Gasteiger partial charge in [0.1, 0.15) is 0 Å². The number of likely N-dealkylation sites (N-methyl/N-ethyl adjacent to an activating group) is 1. The van der Waals surface area contributed by atoms with Crippen molar-refractivity contribution < 1.29 is 9.59 Å². The average Bonchev–Trinajstić information content (AvgIpc) is 2.13. The van der Waals surface area contributed by atoms with Crippen LogP contribution in [-0.2, 0) is 9.59 Å². The third kappa shape index (κ3) is 7.54. The predicted molar refractivity (Wildman–Crippen MR) is 54.9 cm³/mol. The summed E-state index contributed by atoms with van der Waals surface area (Å²) < 4.78 is 0. The molecule has 0 aliphatic heterocycles. The van der Waals surface area contributed by atoms with Crippen LogP contribution in [0.2, 0.25) is 0 Å². The number of hydrogen-bond acceptors (Lipinski definition) is 3. The van der Waals surface area contributed by atoms with Gasteiger partial charge in [0, 0.05) is 19.5 Å². The second kappa shape index (κ2) is 8.50. The number of carbonyl (C=O) groups is 2. The number of nitrogens with one attached hydrogen (secondary N) is 3. The molecule has 0 atom stereocenters. The van der Waals surface area contributed by atoms with Crippen LogP contribution in [0, 0.1) is 0 Å². The molecule has 0 saturated heterocycles. The number of amides is 2. The lowest BCUT2D eigenvalue weighted by Crippen LogP contribution is -2.38. The molecular weight excluding hydrogens is 182 g/mol. The zero-order chi connectivity index (χ0) is 10.8. The number of carbonyl (C=O) groups excluding carboxylic acids is 2. The van der Waals surface area contributed by atoms with Gasteiger partial charge in [0.2, 0.25) is 11.8 Å². The Morgan fingerprint density at radius 1 is 1.07 bits per heavy atom. The van der Waals surface area contributed by atoms with Crippen molar-refractivity contribution in [1.29, 1.82) is 0 Å². The van der Waals surface area contributed by atoms with Crippen molar-refractivity contribution in [3.63, 3.8) is 0 Å². The zero-order valence-electron chi connectivity index (χ0n) is 8.85. The van der Waals surface area contributed by atoms with Gasteiger partial charge in [0.05, 0.1) is 6.54 Å². The summed E-state index contributed by atoms with van der Waals surface area (Å²) in [6.45, 7) is 3.24. The molecule has 5 heteroatoms. The van der Waals surface area contributed by atoms with Crippen LogP contribution in [0.15, 0.2) is 0 Å². The topological polar surface area (TPSA) is 70.2 Å². The van der Waals surface area contributed by atoms with Gasteiger partial charge in [-0.05, 0) is 13.5 Å². The first-order valence-electron chi connectivity index (χ1n) is 4.88. The number of rotatable bonds is 7. The van der Waals surface area contributed by atoms with E-state index in [0.29, 0.717) is 26.1 Å². The van der Waals surface area contributed by atoms with Crippen molar-refractivity contribution >= 4 is 11.8 Å². The van der Waals surface area contributed by atoms with Crippen LogP contribution >= 0.6 is 0 Å². The van der Waals surface area contributed by atoms with Crippen LogP contribution in [-0.4, -0.2) is 38.5 Å². The van der Waals surface area contributed by atoms with Gasteiger partial charge in [0.15, 0.2) is 0 Å². The molecule has 14 heavy (non-hydrogen) atoms. The van der Waals surface area contributed by atoms with E-state index in [1.807, 2.05) is 6.92 Å². The van der Waals surface area contributed by atoms with Gasteiger partial charge in [0.25, 0.3) is 0 Å². The summed E-state index contributed by atoms with van der Waals surface area (Å²) in [6, 6.07) is 0. The first-order chi connectivity index (χ1) is 6.70. The molecule has 0 aliphatic carbocycles. The first kappa shape index (κ1) is 12.9. The molecule has 3 N–H and O–H groups in total. The Hall–Kier alpha value is -1.10. The van der Waals surface area contributed by atoms with E-state index < -0.39 is 0 Å². The summed E-state index contributed by atoms with van der Waals surface area (Å²) in [4.78, 5) is 21.9. The highest BCUT2D eigenvalue weighted by molar-refractivity contribution is 5.78. The van der Waals surface area contributed by atoms with Crippen molar-refractivity contribution in [3.8, 4) is 0 Å². The van der Waals surface area contributed by atoms with Crippen LogP contribution in [0.1, 0.15) is 19.8 Å². The van der Waals surface area contributed by atoms with E-state index in [4.69, 9.17) is 0 Å². The Bertz CT molecular complexity index is 163. The van der Waals surface area contributed by atoms with Crippen molar-refractivity contribution in [3.05, 3.63) is 0 Å². The first-order valence-corrected chi connectivity index (χ1v) is 4.88. The molecule has 0 rings (SSSR count). The normalized spacial score (nSPS) is 9.57. The Morgan fingerprint density at radius 2 is 1.64 bits per heavy atom. The Morgan fingerprint density at radius 3 is 2.14 bits per heavy atom. The maximum atomic E-state index is 11.0. The molecular formula is C9H19N3O2. The lowest BCUT2D eigenvalue weighted by Gasteiger charge is -2.05. The van der Waals surface area contributed by atoms with Crippen LogP contribution in [0.4, 0.5) is 0 Å². The van der Waals surface area contributed by atoms with Gasteiger partial charge >= 0.3 is 0 Å². The number of hydrogen-bond donors (Lipinski definition) is 3. The Balaban J connectivity index is 3.28. The largest absolute Gasteiger partial charge is 0.354 e. The lowest BCUT2D eigenvalue weighted by molar-refractivity contribution is -0.122. The van der Waals surface area contributed by atoms with E-state index in [9.17, 15) is 9.59 Å². The van der Waals surface area contributed by atoms with Crippen LogP contribution in [0.3, 0.4) is 0 Å². The molecule has 0 aromatic carbocycles. The quantitative estimate of drug-likeness (QED) is 0.474. The SMILES string of the molecule is CCCC(=O)NCCNC(=O)CNC. The average molecular weight is 201 g/mol. The third-order valence-electron chi connectivity index (χ3n) is 1.58. The molecule has 0 aromatic rings. The third-order valence-corrected chi connectivity index (χ3v) is 1.58. The van der Waals surface area contributed by atoms with Crippen molar-refractivity contribution in [2.75, 3.05) is 26.7 Å². The monoisotopic (exact) mass is 201 g/mol. The Kier molecular flexibility index (Phi) is 7.83. The van der Waals surface area contributed by atoms with Crippen molar-refractivity contribution in [1.82, 2.24) is 16.0 Å². The smallest absolute Gasteiger partial charge is 0.234 e. The molecule has 82 valence electrons. The molecule has 0 bridgehead atoms. The summed E-state index contributed by atoms with van der Waals surface area (Å²) in [7, 11) is 1.71. The molecule has 5 nitrogen and oxygen atoms in total. The zero-order valence-corrected chi connectivity index (χ0v) is 8.85. The summed E-state index contributed by atoms with van der Waals surface area (Å²) >= 11 is 0. The van der Waals surface area contributed by atoms with Crippen molar-refractivity contribution in [2.24, 2.45) is 0 Å². The second-order valence-corrected chi connectivity index (χ2v) is 2.98. The van der Waals surface area contributed by atoms with E-state index >= 15 is 0 Å². The maximum Gasteiger partial charge on any atom is 0.234 e.